The Morgan fingerprint density at radius 2 is 1.90 bits per heavy atom. The quantitative estimate of drug-likeness (QED) is 0.214. The second kappa shape index (κ2) is 14.2. The highest BCUT2D eigenvalue weighted by Crippen LogP contribution is 2.32. The van der Waals surface area contributed by atoms with E-state index in [-0.39, 0.29) is 53.7 Å². The minimum Gasteiger partial charge on any atom is -0.489 e. The standard InChI is InChI=1S/C28H37N3O10S/c1-3-20(4-2)40-25-15-19(31(34)35)10-11-26(25)42(36,37)29-16-23(32)24(14-18-8-6-5-7-9-18)41-28(33)30-22-17-39-27-21(22)12-13-38-27/h5-11,15,20-24,27,29,32H,3-4,12-14,16-17H2,1-2H3,(H,30,33). The first kappa shape index (κ1) is 31.6. The van der Waals surface area contributed by atoms with Crippen LogP contribution in [0, 0.1) is 16.0 Å². The number of nitro benzene ring substituents is 1. The minimum atomic E-state index is -4.30. The van der Waals surface area contributed by atoms with Crippen LogP contribution in [0.2, 0.25) is 0 Å². The van der Waals surface area contributed by atoms with Crippen molar-refractivity contribution in [1.82, 2.24) is 10.0 Å². The highest BCUT2D eigenvalue weighted by atomic mass is 32.2. The number of nitrogens with zero attached hydrogens (tertiary/aromatic N) is 1. The number of alkyl carbamates (subject to hydrolysis) is 1. The molecule has 42 heavy (non-hydrogen) atoms. The number of carbonyl (C=O) groups excluding carboxylic acids is 1. The maximum Gasteiger partial charge on any atom is 0.407 e. The number of ether oxygens (including phenoxy) is 4. The predicted molar refractivity (Wildman–Crippen MR) is 150 cm³/mol. The van der Waals surface area contributed by atoms with Crippen LogP contribution in [0.4, 0.5) is 10.5 Å². The Bertz CT molecular complexity index is 1320. The summed E-state index contributed by atoms with van der Waals surface area (Å²) in [4.78, 5) is 23.2. The molecule has 1 amide bonds. The molecule has 0 saturated carbocycles. The van der Waals surface area contributed by atoms with Crippen molar-refractivity contribution >= 4 is 21.8 Å². The third-order valence-electron chi connectivity index (χ3n) is 7.42. The van der Waals surface area contributed by atoms with Crippen molar-refractivity contribution in [3.63, 3.8) is 0 Å². The van der Waals surface area contributed by atoms with E-state index >= 15 is 0 Å². The van der Waals surface area contributed by atoms with Crippen molar-refractivity contribution in [2.45, 2.75) is 75.1 Å². The number of rotatable bonds is 14. The van der Waals surface area contributed by atoms with E-state index in [2.05, 4.69) is 10.0 Å². The van der Waals surface area contributed by atoms with Gasteiger partial charge in [0.25, 0.3) is 5.69 Å². The lowest BCUT2D eigenvalue weighted by atomic mass is 10.0. The molecule has 13 nitrogen and oxygen atoms in total. The zero-order chi connectivity index (χ0) is 30.3. The molecule has 2 saturated heterocycles. The van der Waals surface area contributed by atoms with Crippen molar-refractivity contribution in [2.75, 3.05) is 19.8 Å². The lowest BCUT2D eigenvalue weighted by Gasteiger charge is -2.25. The summed E-state index contributed by atoms with van der Waals surface area (Å²) in [6.07, 6.45) is -2.05. The van der Waals surface area contributed by atoms with Crippen LogP contribution in [0.1, 0.15) is 38.7 Å². The fourth-order valence-corrected chi connectivity index (χ4v) is 6.17. The molecule has 2 aromatic carbocycles. The van der Waals surface area contributed by atoms with Gasteiger partial charge >= 0.3 is 6.09 Å². The molecule has 3 N–H and O–H groups in total. The number of sulfonamides is 1. The maximum absolute atomic E-state index is 13.3. The van der Waals surface area contributed by atoms with Crippen molar-refractivity contribution in [3.8, 4) is 5.75 Å². The zero-order valence-corrected chi connectivity index (χ0v) is 24.3. The minimum absolute atomic E-state index is 0.0000167. The first-order valence-corrected chi connectivity index (χ1v) is 15.5. The summed E-state index contributed by atoms with van der Waals surface area (Å²) in [5.41, 5.74) is 0.447. The normalized spacial score (nSPS) is 21.5. The Morgan fingerprint density at radius 1 is 1.17 bits per heavy atom. The Balaban J connectivity index is 1.47. The second-order valence-electron chi connectivity index (χ2n) is 10.3. The third kappa shape index (κ3) is 7.95. The lowest BCUT2D eigenvalue weighted by Crippen LogP contribution is -2.46. The molecule has 0 radical (unpaired) electrons. The number of amides is 1. The highest BCUT2D eigenvalue weighted by molar-refractivity contribution is 7.89. The molecular formula is C28H37N3O10S. The largest absolute Gasteiger partial charge is 0.489 e. The SMILES string of the molecule is CCC(CC)Oc1cc([N+](=O)[O-])ccc1S(=O)(=O)NCC(O)C(Cc1ccccc1)OC(=O)NC1COC2OCCC12. The van der Waals surface area contributed by atoms with Gasteiger partial charge in [-0.25, -0.2) is 17.9 Å². The van der Waals surface area contributed by atoms with E-state index in [1.807, 2.05) is 19.9 Å². The number of fused-ring (bicyclic) bond motifs is 1. The van der Waals surface area contributed by atoms with Crippen molar-refractivity contribution < 1.29 is 42.2 Å². The van der Waals surface area contributed by atoms with Crippen LogP contribution in [-0.2, 0) is 30.7 Å². The molecule has 2 heterocycles. The Morgan fingerprint density at radius 3 is 2.60 bits per heavy atom. The molecule has 5 unspecified atom stereocenters. The van der Waals surface area contributed by atoms with Gasteiger partial charge in [-0.3, -0.25) is 10.1 Å². The first-order chi connectivity index (χ1) is 20.1. The van der Waals surface area contributed by atoms with Gasteiger partial charge in [0.2, 0.25) is 10.0 Å². The van der Waals surface area contributed by atoms with E-state index in [9.17, 15) is 28.4 Å². The Kier molecular flexibility index (Phi) is 10.7. The van der Waals surface area contributed by atoms with Crippen LogP contribution in [0.3, 0.4) is 0 Å². The van der Waals surface area contributed by atoms with Crippen molar-refractivity contribution in [2.24, 2.45) is 5.92 Å². The van der Waals surface area contributed by atoms with Gasteiger partial charge in [0.05, 0.1) is 36.3 Å². The predicted octanol–water partition coefficient (Wildman–Crippen LogP) is 2.90. The Hall–Kier alpha value is -3.30. The molecule has 0 spiro atoms. The van der Waals surface area contributed by atoms with Crippen molar-refractivity contribution in [1.29, 1.82) is 0 Å². The lowest BCUT2D eigenvalue weighted by molar-refractivity contribution is -0.385. The topological polar surface area (TPSA) is 176 Å². The molecule has 5 atom stereocenters. The Labute approximate surface area is 244 Å². The van der Waals surface area contributed by atoms with Crippen LogP contribution >= 0.6 is 0 Å². The number of benzene rings is 2. The van der Waals surface area contributed by atoms with Crippen LogP contribution in [0.5, 0.6) is 5.75 Å². The molecule has 14 heteroatoms. The number of carbonyl (C=O) groups is 1. The van der Waals surface area contributed by atoms with Gasteiger partial charge in [0.15, 0.2) is 6.29 Å². The summed E-state index contributed by atoms with van der Waals surface area (Å²) in [6, 6.07) is 12.0. The number of aliphatic hydroxyl groups is 1. The highest BCUT2D eigenvalue weighted by Gasteiger charge is 2.43. The fourth-order valence-electron chi connectivity index (χ4n) is 5.00. The monoisotopic (exact) mass is 607 g/mol. The molecule has 4 rings (SSSR count). The van der Waals surface area contributed by atoms with Crippen molar-refractivity contribution in [3.05, 3.63) is 64.2 Å². The second-order valence-corrected chi connectivity index (χ2v) is 12.0. The third-order valence-corrected chi connectivity index (χ3v) is 8.89. The molecule has 0 bridgehead atoms. The summed E-state index contributed by atoms with van der Waals surface area (Å²) in [7, 11) is -4.30. The molecule has 2 aromatic rings. The van der Waals surface area contributed by atoms with Gasteiger partial charge in [-0.05, 0) is 30.9 Å². The number of non-ortho nitro benzene ring substituents is 1. The number of hydrogen-bond donors (Lipinski definition) is 3. The summed E-state index contributed by atoms with van der Waals surface area (Å²) in [5, 5.41) is 25.2. The molecule has 0 aromatic heterocycles. The van der Waals surface area contributed by atoms with Crippen LogP contribution in [0.25, 0.3) is 0 Å². The van der Waals surface area contributed by atoms with Gasteiger partial charge < -0.3 is 29.4 Å². The number of nitro groups is 1. The number of hydrogen-bond acceptors (Lipinski definition) is 10. The van der Waals surface area contributed by atoms with E-state index in [4.69, 9.17) is 18.9 Å². The summed E-state index contributed by atoms with van der Waals surface area (Å²) in [6.45, 7) is 4.03. The maximum atomic E-state index is 13.3. The molecule has 2 aliphatic heterocycles. The summed E-state index contributed by atoms with van der Waals surface area (Å²) in [5.74, 6) is -0.163. The fraction of sp³-hybridized carbons (Fsp3) is 0.536. The average molecular weight is 608 g/mol. The number of aliphatic hydroxyl groups excluding tert-OH is 1. The molecule has 2 aliphatic rings. The number of nitrogens with one attached hydrogen (secondary N) is 2. The molecular weight excluding hydrogens is 570 g/mol. The van der Waals surface area contributed by atoms with E-state index in [0.717, 1.165) is 30.2 Å². The van der Waals surface area contributed by atoms with Crippen LogP contribution < -0.4 is 14.8 Å². The zero-order valence-electron chi connectivity index (χ0n) is 23.5. The molecule has 2 fully saturated rings. The van der Waals surface area contributed by atoms with Gasteiger partial charge in [-0.1, -0.05) is 44.2 Å². The van der Waals surface area contributed by atoms with E-state index in [1.165, 1.54) is 0 Å². The van der Waals surface area contributed by atoms with Gasteiger partial charge in [-0.15, -0.1) is 0 Å². The molecule has 0 aliphatic carbocycles. The smallest absolute Gasteiger partial charge is 0.407 e. The summed E-state index contributed by atoms with van der Waals surface area (Å²) >= 11 is 0. The summed E-state index contributed by atoms with van der Waals surface area (Å²) < 4.78 is 51.5. The van der Waals surface area contributed by atoms with Crippen LogP contribution in [0.15, 0.2) is 53.4 Å². The van der Waals surface area contributed by atoms with Gasteiger partial charge in [-0.2, -0.15) is 0 Å². The first-order valence-electron chi connectivity index (χ1n) is 14.0. The van der Waals surface area contributed by atoms with Gasteiger partial charge in [0, 0.05) is 24.9 Å². The van der Waals surface area contributed by atoms with Gasteiger partial charge in [0.1, 0.15) is 22.9 Å². The average Bonchev–Trinajstić information content (AvgIpc) is 3.60. The van der Waals surface area contributed by atoms with Crippen LogP contribution in [-0.4, -0.2) is 74.9 Å². The van der Waals surface area contributed by atoms with E-state index in [0.29, 0.717) is 19.4 Å². The van der Waals surface area contributed by atoms with E-state index in [1.54, 1.807) is 24.3 Å². The molecule has 230 valence electrons. The van der Waals surface area contributed by atoms with E-state index < -0.39 is 39.8 Å².